The van der Waals surface area contributed by atoms with E-state index in [9.17, 15) is 4.79 Å². The smallest absolute Gasteiger partial charge is 0.305 e. The molecule has 0 aliphatic carbocycles. The third-order valence-electron chi connectivity index (χ3n) is 3.41. The Bertz CT molecular complexity index is 490. The Hall–Kier alpha value is -1.07. The molecule has 1 heterocycles. The van der Waals surface area contributed by atoms with Gasteiger partial charge in [-0.05, 0) is 37.7 Å². The predicted octanol–water partition coefficient (Wildman–Crippen LogP) is 2.77. The molecule has 0 unspecified atom stereocenters. The van der Waals surface area contributed by atoms with E-state index in [0.717, 1.165) is 42.8 Å². The summed E-state index contributed by atoms with van der Waals surface area (Å²) in [6, 6.07) is 4.24. The number of methoxy groups -OCH3 is 1. The van der Waals surface area contributed by atoms with E-state index in [0.29, 0.717) is 6.42 Å². The van der Waals surface area contributed by atoms with E-state index < -0.39 is 0 Å². The zero-order valence-corrected chi connectivity index (χ0v) is 13.5. The van der Waals surface area contributed by atoms with Crippen LogP contribution in [0.25, 0.3) is 0 Å². The molecular formula is C15H20BrNO3. The monoisotopic (exact) mass is 341 g/mol. The fourth-order valence-corrected chi connectivity index (χ4v) is 2.98. The Morgan fingerprint density at radius 2 is 2.30 bits per heavy atom. The van der Waals surface area contributed by atoms with Crippen LogP contribution in [0, 0.1) is 0 Å². The van der Waals surface area contributed by atoms with Crippen molar-refractivity contribution in [1.82, 2.24) is 4.90 Å². The zero-order chi connectivity index (χ0) is 14.5. The lowest BCUT2D eigenvalue weighted by atomic mass is 10.1. The number of benzene rings is 1. The molecule has 0 saturated heterocycles. The van der Waals surface area contributed by atoms with Crippen LogP contribution in [-0.4, -0.2) is 38.2 Å². The van der Waals surface area contributed by atoms with Crippen molar-refractivity contribution in [3.05, 3.63) is 27.7 Å². The molecule has 0 fully saturated rings. The molecule has 1 aliphatic heterocycles. The Morgan fingerprint density at radius 3 is 3.05 bits per heavy atom. The summed E-state index contributed by atoms with van der Waals surface area (Å²) in [6.45, 7) is 2.45. The summed E-state index contributed by atoms with van der Waals surface area (Å²) in [5.41, 5.74) is 2.48. The molecule has 5 heteroatoms. The van der Waals surface area contributed by atoms with E-state index in [1.54, 1.807) is 0 Å². The maximum atomic E-state index is 11.1. The Labute approximate surface area is 128 Å². The molecule has 0 bridgehead atoms. The van der Waals surface area contributed by atoms with Crippen molar-refractivity contribution in [2.75, 3.05) is 27.3 Å². The van der Waals surface area contributed by atoms with Gasteiger partial charge in [-0.1, -0.05) is 15.9 Å². The summed E-state index contributed by atoms with van der Waals surface area (Å²) >= 11 is 3.55. The lowest BCUT2D eigenvalue weighted by Crippen LogP contribution is -2.20. The average Bonchev–Trinajstić information content (AvgIpc) is 2.86. The number of ether oxygens (including phenoxy) is 2. The molecule has 0 aromatic heterocycles. The summed E-state index contributed by atoms with van der Waals surface area (Å²) in [7, 11) is 3.48. The van der Waals surface area contributed by atoms with E-state index in [-0.39, 0.29) is 5.97 Å². The highest BCUT2D eigenvalue weighted by Gasteiger charge is 2.18. The number of nitrogens with zero attached hydrogens (tertiary/aromatic N) is 1. The summed E-state index contributed by atoms with van der Waals surface area (Å²) in [4.78, 5) is 13.3. The van der Waals surface area contributed by atoms with E-state index >= 15 is 0 Å². The van der Waals surface area contributed by atoms with Crippen LogP contribution >= 0.6 is 15.9 Å². The number of rotatable bonds is 6. The van der Waals surface area contributed by atoms with Gasteiger partial charge in [0.2, 0.25) is 0 Å². The number of hydrogen-bond acceptors (Lipinski definition) is 4. The third-order valence-corrected chi connectivity index (χ3v) is 3.87. The van der Waals surface area contributed by atoms with Crippen LogP contribution in [0.3, 0.4) is 0 Å². The molecule has 110 valence electrons. The lowest BCUT2D eigenvalue weighted by molar-refractivity contribution is -0.140. The number of carbonyl (C=O) groups excluding carboxylic acids is 1. The van der Waals surface area contributed by atoms with Crippen LogP contribution < -0.4 is 4.74 Å². The van der Waals surface area contributed by atoms with Gasteiger partial charge in [-0.3, -0.25) is 4.79 Å². The van der Waals surface area contributed by atoms with Gasteiger partial charge in [0.05, 0.1) is 13.7 Å². The Kier molecular flexibility index (Phi) is 5.43. The second-order valence-corrected chi connectivity index (χ2v) is 5.98. The zero-order valence-electron chi connectivity index (χ0n) is 11.9. The van der Waals surface area contributed by atoms with Crippen LogP contribution in [-0.2, 0) is 22.5 Å². The molecule has 0 atom stereocenters. The molecule has 20 heavy (non-hydrogen) atoms. The highest BCUT2D eigenvalue weighted by molar-refractivity contribution is 9.10. The highest BCUT2D eigenvalue weighted by Crippen LogP contribution is 2.33. The molecule has 4 nitrogen and oxygen atoms in total. The molecule has 1 aromatic rings. The number of halogens is 1. The van der Waals surface area contributed by atoms with Crippen LogP contribution in [0.5, 0.6) is 5.75 Å². The van der Waals surface area contributed by atoms with Crippen molar-refractivity contribution < 1.29 is 14.3 Å². The lowest BCUT2D eigenvalue weighted by Gasteiger charge is -2.18. The van der Waals surface area contributed by atoms with Gasteiger partial charge in [0, 0.05) is 29.4 Å². The second-order valence-electron chi connectivity index (χ2n) is 5.07. The van der Waals surface area contributed by atoms with Gasteiger partial charge in [0.25, 0.3) is 0 Å². The largest absolute Gasteiger partial charge is 0.493 e. The third kappa shape index (κ3) is 3.96. The molecule has 0 N–H and O–H groups in total. The number of hydrogen-bond donors (Lipinski definition) is 0. The SMILES string of the molecule is COC(=O)CCCN(C)Cc1cc(Br)cc2c1OCC2. The van der Waals surface area contributed by atoms with Crippen LogP contribution in [0.1, 0.15) is 24.0 Å². The van der Waals surface area contributed by atoms with Gasteiger partial charge in [0.1, 0.15) is 5.75 Å². The normalized spacial score (nSPS) is 13.2. The second kappa shape index (κ2) is 7.09. The first-order valence-corrected chi connectivity index (χ1v) is 7.59. The Balaban J connectivity index is 1.91. The van der Waals surface area contributed by atoms with E-state index in [1.165, 1.54) is 18.2 Å². The van der Waals surface area contributed by atoms with Crippen LogP contribution in [0.4, 0.5) is 0 Å². The first kappa shape index (κ1) is 15.3. The van der Waals surface area contributed by atoms with Gasteiger partial charge >= 0.3 is 5.97 Å². The standard InChI is InChI=1S/C15H20BrNO3/c1-17(6-3-4-14(18)19-2)10-12-9-13(16)8-11-5-7-20-15(11)12/h8-9H,3-7,10H2,1-2H3. The number of carbonyl (C=O) groups is 1. The molecule has 0 saturated carbocycles. The van der Waals surface area contributed by atoms with Gasteiger partial charge in [-0.25, -0.2) is 0 Å². The van der Waals surface area contributed by atoms with Crippen molar-refractivity contribution in [3.8, 4) is 5.75 Å². The average molecular weight is 342 g/mol. The molecule has 0 amide bonds. The number of esters is 1. The van der Waals surface area contributed by atoms with Crippen molar-refractivity contribution in [2.24, 2.45) is 0 Å². The maximum Gasteiger partial charge on any atom is 0.305 e. The predicted molar refractivity (Wildman–Crippen MR) is 80.9 cm³/mol. The summed E-state index contributed by atoms with van der Waals surface area (Å²) in [5.74, 6) is 0.887. The number of fused-ring (bicyclic) bond motifs is 1. The van der Waals surface area contributed by atoms with Crippen molar-refractivity contribution in [3.63, 3.8) is 0 Å². The quantitative estimate of drug-likeness (QED) is 0.746. The minimum Gasteiger partial charge on any atom is -0.493 e. The van der Waals surface area contributed by atoms with Crippen LogP contribution in [0.15, 0.2) is 16.6 Å². The van der Waals surface area contributed by atoms with E-state index in [2.05, 4.69) is 44.7 Å². The molecule has 0 radical (unpaired) electrons. The highest BCUT2D eigenvalue weighted by atomic mass is 79.9. The molecule has 1 aromatic carbocycles. The summed E-state index contributed by atoms with van der Waals surface area (Å²) in [6.07, 6.45) is 2.25. The van der Waals surface area contributed by atoms with Gasteiger partial charge in [0.15, 0.2) is 0 Å². The van der Waals surface area contributed by atoms with Crippen LogP contribution in [0.2, 0.25) is 0 Å². The fraction of sp³-hybridized carbons (Fsp3) is 0.533. The molecular weight excluding hydrogens is 322 g/mol. The Morgan fingerprint density at radius 1 is 1.50 bits per heavy atom. The summed E-state index contributed by atoms with van der Waals surface area (Å²) in [5, 5.41) is 0. The van der Waals surface area contributed by atoms with Gasteiger partial charge in [-0.2, -0.15) is 0 Å². The van der Waals surface area contributed by atoms with E-state index in [4.69, 9.17) is 4.74 Å². The van der Waals surface area contributed by atoms with Crippen molar-refractivity contribution >= 4 is 21.9 Å². The van der Waals surface area contributed by atoms with Gasteiger partial charge in [-0.15, -0.1) is 0 Å². The molecule has 1 aliphatic rings. The van der Waals surface area contributed by atoms with E-state index in [1.807, 2.05) is 0 Å². The molecule has 2 rings (SSSR count). The fourth-order valence-electron chi connectivity index (χ4n) is 2.43. The first-order valence-electron chi connectivity index (χ1n) is 6.79. The van der Waals surface area contributed by atoms with Crippen molar-refractivity contribution in [2.45, 2.75) is 25.8 Å². The maximum absolute atomic E-state index is 11.1. The first-order chi connectivity index (χ1) is 9.60. The molecule has 0 spiro atoms. The minimum absolute atomic E-state index is 0.148. The topological polar surface area (TPSA) is 38.8 Å². The van der Waals surface area contributed by atoms with Crippen molar-refractivity contribution in [1.29, 1.82) is 0 Å². The minimum atomic E-state index is -0.148. The van der Waals surface area contributed by atoms with Gasteiger partial charge < -0.3 is 14.4 Å². The summed E-state index contributed by atoms with van der Waals surface area (Å²) < 4.78 is 11.5.